The van der Waals surface area contributed by atoms with Crippen LogP contribution in [0.5, 0.6) is 0 Å². The Bertz CT molecular complexity index is 103. The van der Waals surface area contributed by atoms with Crippen molar-refractivity contribution < 1.29 is 9.53 Å². The first kappa shape index (κ1) is 5.41. The zero-order valence-electron chi connectivity index (χ0n) is 4.52. The maximum absolute atomic E-state index is 10.3. The van der Waals surface area contributed by atoms with E-state index in [1.165, 1.54) is 0 Å². The first-order valence-electron chi connectivity index (χ1n) is 2.56. The molecule has 8 heavy (non-hydrogen) atoms. The number of hydrogen-bond acceptors (Lipinski definition) is 2. The van der Waals surface area contributed by atoms with Gasteiger partial charge in [0, 0.05) is 13.0 Å². The number of carbonyl (C=O) groups is 1. The van der Waals surface area contributed by atoms with Crippen molar-refractivity contribution in [1.29, 1.82) is 0 Å². The van der Waals surface area contributed by atoms with E-state index in [1.807, 2.05) is 0 Å². The highest BCUT2D eigenvalue weighted by Gasteiger charge is 2.13. The second-order valence-corrected chi connectivity index (χ2v) is 1.74. The highest BCUT2D eigenvalue weighted by Crippen LogP contribution is 2.00. The molecule has 1 saturated heterocycles. The summed E-state index contributed by atoms with van der Waals surface area (Å²) in [6.45, 7) is 4.25. The molecule has 1 radical (unpaired) electrons. The summed E-state index contributed by atoms with van der Waals surface area (Å²) in [6, 6.07) is 0. The van der Waals surface area contributed by atoms with Crippen LogP contribution in [0.25, 0.3) is 0 Å². The number of cyclic esters (lactones) is 1. The number of alkyl carbamates (subject to hydrolysis) is 1. The van der Waals surface area contributed by atoms with Crippen molar-refractivity contribution in [3.05, 3.63) is 6.92 Å². The highest BCUT2D eigenvalue weighted by molar-refractivity contribution is 5.68. The maximum Gasteiger partial charge on any atom is 0.407 e. The molecule has 1 aliphatic heterocycles. The Kier molecular flexibility index (Phi) is 1.37. The number of nitrogens with one attached hydrogen (secondary N) is 1. The molecule has 0 aromatic rings. The van der Waals surface area contributed by atoms with Crippen LogP contribution in [0, 0.1) is 6.92 Å². The Balaban J connectivity index is 2.34. The molecule has 3 heteroatoms. The summed E-state index contributed by atoms with van der Waals surface area (Å²) in [5, 5.41) is 2.51. The minimum atomic E-state index is -0.351. The molecule has 0 aromatic carbocycles. The number of carbonyl (C=O) groups excluding carboxylic acids is 1. The van der Waals surface area contributed by atoms with Gasteiger partial charge in [0.05, 0.1) is 0 Å². The minimum absolute atomic E-state index is 0.149. The lowest BCUT2D eigenvalue weighted by Gasteiger charge is -2.18. The topological polar surface area (TPSA) is 38.3 Å². The zero-order valence-corrected chi connectivity index (χ0v) is 4.52. The smallest absolute Gasteiger partial charge is 0.407 e. The number of hydrogen-bond donors (Lipinski definition) is 1. The number of amides is 1. The Morgan fingerprint density at radius 1 is 1.88 bits per heavy atom. The SMILES string of the molecule is [CH2]C1CCNC(=O)O1. The zero-order chi connectivity index (χ0) is 5.98. The second-order valence-electron chi connectivity index (χ2n) is 1.74. The Morgan fingerprint density at radius 2 is 2.62 bits per heavy atom. The van der Waals surface area contributed by atoms with Crippen LogP contribution in [0.3, 0.4) is 0 Å². The van der Waals surface area contributed by atoms with Gasteiger partial charge in [-0.15, -0.1) is 0 Å². The summed E-state index contributed by atoms with van der Waals surface area (Å²) in [6.07, 6.45) is 0.311. The van der Waals surface area contributed by atoms with Crippen molar-refractivity contribution >= 4 is 6.09 Å². The van der Waals surface area contributed by atoms with Crippen LogP contribution in [-0.4, -0.2) is 18.7 Å². The van der Waals surface area contributed by atoms with E-state index in [9.17, 15) is 4.79 Å². The molecule has 45 valence electrons. The van der Waals surface area contributed by atoms with E-state index >= 15 is 0 Å². The molecular formula is C5H8NO2. The van der Waals surface area contributed by atoms with Crippen LogP contribution in [0.1, 0.15) is 6.42 Å². The molecule has 0 aromatic heterocycles. The van der Waals surface area contributed by atoms with Crippen LogP contribution in [-0.2, 0) is 4.74 Å². The first-order valence-corrected chi connectivity index (χ1v) is 2.56. The van der Waals surface area contributed by atoms with Crippen LogP contribution >= 0.6 is 0 Å². The van der Waals surface area contributed by atoms with Gasteiger partial charge in [0.2, 0.25) is 0 Å². The summed E-state index contributed by atoms with van der Waals surface area (Å²) >= 11 is 0. The van der Waals surface area contributed by atoms with Crippen LogP contribution in [0.15, 0.2) is 0 Å². The molecule has 1 unspecified atom stereocenters. The van der Waals surface area contributed by atoms with Crippen molar-refractivity contribution in [3.8, 4) is 0 Å². The molecule has 3 nitrogen and oxygen atoms in total. The fourth-order valence-corrected chi connectivity index (χ4v) is 0.587. The molecule has 1 rings (SSSR count). The van der Waals surface area contributed by atoms with Gasteiger partial charge in [-0.1, -0.05) is 0 Å². The predicted molar refractivity (Wildman–Crippen MR) is 28.2 cm³/mol. The van der Waals surface area contributed by atoms with E-state index in [0.29, 0.717) is 6.54 Å². The fraction of sp³-hybridized carbons (Fsp3) is 0.600. The van der Waals surface area contributed by atoms with Gasteiger partial charge < -0.3 is 10.1 Å². The van der Waals surface area contributed by atoms with Gasteiger partial charge in [0.25, 0.3) is 0 Å². The lowest BCUT2D eigenvalue weighted by atomic mass is 10.3. The van der Waals surface area contributed by atoms with Gasteiger partial charge in [-0.2, -0.15) is 0 Å². The van der Waals surface area contributed by atoms with Gasteiger partial charge >= 0.3 is 6.09 Å². The van der Waals surface area contributed by atoms with E-state index in [1.54, 1.807) is 0 Å². The second kappa shape index (κ2) is 2.03. The standard InChI is InChI=1S/C5H8NO2/c1-4-2-3-6-5(7)8-4/h4H,1-3H2,(H,6,7). The quantitative estimate of drug-likeness (QED) is 0.492. The lowest BCUT2D eigenvalue weighted by Crippen LogP contribution is -2.36. The molecule has 1 amide bonds. The lowest BCUT2D eigenvalue weighted by molar-refractivity contribution is 0.0964. The van der Waals surface area contributed by atoms with E-state index in [4.69, 9.17) is 0 Å². The largest absolute Gasteiger partial charge is 0.446 e. The summed E-state index contributed by atoms with van der Waals surface area (Å²) in [7, 11) is 0. The maximum atomic E-state index is 10.3. The number of rotatable bonds is 0. The summed E-state index contributed by atoms with van der Waals surface area (Å²) < 4.78 is 4.62. The third-order valence-electron chi connectivity index (χ3n) is 1.01. The Morgan fingerprint density at radius 3 is 3.00 bits per heavy atom. The van der Waals surface area contributed by atoms with E-state index < -0.39 is 0 Å². The molecule has 1 N–H and O–H groups in total. The van der Waals surface area contributed by atoms with Crippen molar-refractivity contribution in [2.24, 2.45) is 0 Å². The first-order chi connectivity index (χ1) is 3.79. The molecule has 1 fully saturated rings. The predicted octanol–water partition coefficient (Wildman–Crippen LogP) is 0.319. The molecular weight excluding hydrogens is 106 g/mol. The molecule has 0 bridgehead atoms. The summed E-state index contributed by atoms with van der Waals surface area (Å²) in [5.41, 5.74) is 0. The van der Waals surface area contributed by atoms with E-state index in [2.05, 4.69) is 17.0 Å². The molecule has 0 saturated carbocycles. The van der Waals surface area contributed by atoms with Gasteiger partial charge in [-0.05, 0) is 6.92 Å². The van der Waals surface area contributed by atoms with Gasteiger partial charge in [-0.3, -0.25) is 0 Å². The third kappa shape index (κ3) is 1.12. The van der Waals surface area contributed by atoms with Gasteiger partial charge in [0.1, 0.15) is 6.10 Å². The summed E-state index contributed by atoms with van der Waals surface area (Å²) in [4.78, 5) is 10.3. The average molecular weight is 114 g/mol. The molecule has 1 atom stereocenters. The highest BCUT2D eigenvalue weighted by atomic mass is 16.6. The molecule has 0 aliphatic carbocycles. The van der Waals surface area contributed by atoms with Crippen molar-refractivity contribution in [2.45, 2.75) is 12.5 Å². The van der Waals surface area contributed by atoms with E-state index in [0.717, 1.165) is 6.42 Å². The normalized spacial score (nSPS) is 28.6. The monoisotopic (exact) mass is 114 g/mol. The molecule has 1 heterocycles. The Hall–Kier alpha value is -0.730. The fourth-order valence-electron chi connectivity index (χ4n) is 0.587. The van der Waals surface area contributed by atoms with Gasteiger partial charge in [0.15, 0.2) is 0 Å². The van der Waals surface area contributed by atoms with Crippen LogP contribution in [0.4, 0.5) is 4.79 Å². The van der Waals surface area contributed by atoms with Crippen molar-refractivity contribution in [3.63, 3.8) is 0 Å². The van der Waals surface area contributed by atoms with Crippen LogP contribution < -0.4 is 5.32 Å². The van der Waals surface area contributed by atoms with Crippen molar-refractivity contribution in [2.75, 3.05) is 6.54 Å². The minimum Gasteiger partial charge on any atom is -0.446 e. The van der Waals surface area contributed by atoms with Crippen LogP contribution in [0.2, 0.25) is 0 Å². The average Bonchev–Trinajstić information content (AvgIpc) is 1.64. The third-order valence-corrected chi connectivity index (χ3v) is 1.01. The van der Waals surface area contributed by atoms with Gasteiger partial charge in [-0.25, -0.2) is 4.79 Å². The van der Waals surface area contributed by atoms with E-state index in [-0.39, 0.29) is 12.2 Å². The molecule has 1 aliphatic rings. The number of ether oxygens (including phenoxy) is 1. The summed E-state index contributed by atoms with van der Waals surface area (Å²) in [5.74, 6) is 0. The Labute approximate surface area is 48.0 Å². The molecule has 0 spiro atoms. The van der Waals surface area contributed by atoms with Crippen molar-refractivity contribution in [1.82, 2.24) is 5.32 Å².